The summed E-state index contributed by atoms with van der Waals surface area (Å²) in [7, 11) is 2.23. The van der Waals surface area contributed by atoms with Crippen molar-refractivity contribution < 1.29 is 0 Å². The van der Waals surface area contributed by atoms with E-state index in [1.54, 1.807) is 0 Å². The summed E-state index contributed by atoms with van der Waals surface area (Å²) in [5.41, 5.74) is 0. The highest BCUT2D eigenvalue weighted by Crippen LogP contribution is 2.18. The fourth-order valence-electron chi connectivity index (χ4n) is 2.73. The maximum absolute atomic E-state index is 3.46. The van der Waals surface area contributed by atoms with Crippen LogP contribution in [0.4, 0.5) is 0 Å². The number of piperidine rings is 1. The molecular weight excluding hydrogens is 210 g/mol. The number of nitrogens with one attached hydrogen (secondary N) is 1. The highest BCUT2D eigenvalue weighted by Gasteiger charge is 2.27. The van der Waals surface area contributed by atoms with Gasteiger partial charge >= 0.3 is 0 Å². The molecule has 2 heterocycles. The molecule has 1 N–H and O–H groups in total. The molecule has 2 aliphatic heterocycles. The number of nitrogens with zero attached hydrogens (tertiary/aromatic N) is 2. The van der Waals surface area contributed by atoms with Crippen molar-refractivity contribution in [2.45, 2.75) is 31.8 Å². The summed E-state index contributed by atoms with van der Waals surface area (Å²) >= 11 is 0. The van der Waals surface area contributed by atoms with Crippen molar-refractivity contribution in [3.8, 4) is 0 Å². The van der Waals surface area contributed by atoms with Gasteiger partial charge in [0, 0.05) is 31.7 Å². The summed E-state index contributed by atoms with van der Waals surface area (Å²) < 4.78 is 0. The molecule has 0 unspecified atom stereocenters. The molecule has 0 radical (unpaired) electrons. The van der Waals surface area contributed by atoms with Gasteiger partial charge in [0.25, 0.3) is 0 Å². The third-order valence-electron chi connectivity index (χ3n) is 3.71. The molecule has 0 aromatic rings. The molecule has 0 amide bonds. The third-order valence-corrected chi connectivity index (χ3v) is 3.71. The van der Waals surface area contributed by atoms with Gasteiger partial charge in [0.2, 0.25) is 0 Å². The Morgan fingerprint density at radius 1 is 1.13 bits per heavy atom. The Balaban J connectivity index is 0.00000112. The van der Waals surface area contributed by atoms with Crippen molar-refractivity contribution in [2.24, 2.45) is 0 Å². The summed E-state index contributed by atoms with van der Waals surface area (Å²) in [6, 6.07) is 1.58. The fourth-order valence-corrected chi connectivity index (χ4v) is 2.73. The van der Waals surface area contributed by atoms with E-state index >= 15 is 0 Å². The zero-order valence-corrected chi connectivity index (χ0v) is 10.7. The summed E-state index contributed by atoms with van der Waals surface area (Å²) in [5, 5.41) is 3.46. The van der Waals surface area contributed by atoms with E-state index in [1.165, 1.54) is 45.6 Å². The van der Waals surface area contributed by atoms with Gasteiger partial charge in [-0.25, -0.2) is 0 Å². The zero-order valence-electron chi connectivity index (χ0n) is 9.91. The van der Waals surface area contributed by atoms with Gasteiger partial charge in [-0.3, -0.25) is 4.90 Å². The van der Waals surface area contributed by atoms with E-state index in [0.29, 0.717) is 0 Å². The summed E-state index contributed by atoms with van der Waals surface area (Å²) in [4.78, 5) is 5.16. The van der Waals surface area contributed by atoms with Crippen molar-refractivity contribution >= 4 is 12.4 Å². The minimum absolute atomic E-state index is 0. The molecule has 3 nitrogen and oxygen atoms in total. The van der Waals surface area contributed by atoms with E-state index in [9.17, 15) is 0 Å². The van der Waals surface area contributed by atoms with Gasteiger partial charge in [0.1, 0.15) is 0 Å². The highest BCUT2D eigenvalue weighted by molar-refractivity contribution is 5.85. The lowest BCUT2D eigenvalue weighted by molar-refractivity contribution is 0.0718. The van der Waals surface area contributed by atoms with E-state index in [2.05, 4.69) is 29.1 Å². The molecule has 2 saturated heterocycles. The van der Waals surface area contributed by atoms with Gasteiger partial charge < -0.3 is 10.2 Å². The molecule has 2 fully saturated rings. The van der Waals surface area contributed by atoms with E-state index in [1.807, 2.05) is 0 Å². The van der Waals surface area contributed by atoms with Crippen molar-refractivity contribution in [2.75, 3.05) is 39.8 Å². The minimum atomic E-state index is 0. The standard InChI is InChI=1S/C11H23N3.ClH/c1-10-9-12-5-8-14(10)11-3-6-13(2)7-4-11;/h10-12H,3-9H2,1-2H3;1H/t10-;/m1./s1. The summed E-state index contributed by atoms with van der Waals surface area (Å²) in [6.45, 7) is 8.51. The van der Waals surface area contributed by atoms with Crippen LogP contribution >= 0.6 is 12.4 Å². The molecular formula is C11H24ClN3. The van der Waals surface area contributed by atoms with Crippen molar-refractivity contribution in [3.63, 3.8) is 0 Å². The van der Waals surface area contributed by atoms with Crippen molar-refractivity contribution in [1.29, 1.82) is 0 Å². The fraction of sp³-hybridized carbons (Fsp3) is 1.00. The molecule has 1 atom stereocenters. The lowest BCUT2D eigenvalue weighted by Crippen LogP contribution is -2.56. The Bertz CT molecular complexity index is 181. The Morgan fingerprint density at radius 3 is 2.40 bits per heavy atom. The molecule has 0 bridgehead atoms. The van der Waals surface area contributed by atoms with E-state index in [-0.39, 0.29) is 12.4 Å². The van der Waals surface area contributed by atoms with Gasteiger partial charge in [0.15, 0.2) is 0 Å². The average molecular weight is 234 g/mol. The monoisotopic (exact) mass is 233 g/mol. The van der Waals surface area contributed by atoms with Crippen LogP contribution in [0.15, 0.2) is 0 Å². The van der Waals surface area contributed by atoms with Crippen LogP contribution in [0.3, 0.4) is 0 Å². The van der Waals surface area contributed by atoms with Crippen LogP contribution in [0, 0.1) is 0 Å². The van der Waals surface area contributed by atoms with Crippen LogP contribution in [-0.4, -0.2) is 61.7 Å². The van der Waals surface area contributed by atoms with Crippen LogP contribution < -0.4 is 5.32 Å². The quantitative estimate of drug-likeness (QED) is 0.723. The van der Waals surface area contributed by atoms with Crippen LogP contribution in [0.5, 0.6) is 0 Å². The smallest absolute Gasteiger partial charge is 0.0195 e. The molecule has 0 spiro atoms. The topological polar surface area (TPSA) is 18.5 Å². The largest absolute Gasteiger partial charge is 0.314 e. The number of piperazine rings is 1. The normalized spacial score (nSPS) is 31.2. The van der Waals surface area contributed by atoms with Crippen molar-refractivity contribution in [1.82, 2.24) is 15.1 Å². The lowest BCUT2D eigenvalue weighted by atomic mass is 10.0. The Hall–Kier alpha value is 0.170. The van der Waals surface area contributed by atoms with Crippen LogP contribution in [0.1, 0.15) is 19.8 Å². The van der Waals surface area contributed by atoms with Crippen LogP contribution in [0.2, 0.25) is 0 Å². The maximum atomic E-state index is 3.46. The first-order valence-electron chi connectivity index (χ1n) is 5.92. The second-order valence-corrected chi connectivity index (χ2v) is 4.83. The van der Waals surface area contributed by atoms with Gasteiger partial charge in [0.05, 0.1) is 0 Å². The number of hydrogen-bond acceptors (Lipinski definition) is 3. The highest BCUT2D eigenvalue weighted by atomic mass is 35.5. The van der Waals surface area contributed by atoms with Crippen LogP contribution in [0.25, 0.3) is 0 Å². The number of rotatable bonds is 1. The lowest BCUT2D eigenvalue weighted by Gasteiger charge is -2.43. The number of likely N-dealkylation sites (tertiary alicyclic amines) is 1. The van der Waals surface area contributed by atoms with Crippen LogP contribution in [-0.2, 0) is 0 Å². The number of hydrogen-bond donors (Lipinski definition) is 1. The SMILES string of the molecule is C[C@@H]1CNCCN1C1CCN(C)CC1.Cl. The predicted octanol–water partition coefficient (Wildman–Crippen LogP) is 0.796. The first-order valence-corrected chi connectivity index (χ1v) is 5.92. The first kappa shape index (κ1) is 13.2. The van der Waals surface area contributed by atoms with Gasteiger partial charge in [-0.2, -0.15) is 0 Å². The number of halogens is 1. The van der Waals surface area contributed by atoms with E-state index in [4.69, 9.17) is 0 Å². The van der Waals surface area contributed by atoms with Gasteiger partial charge in [-0.05, 0) is 39.9 Å². The molecule has 0 aromatic heterocycles. The predicted molar refractivity (Wildman–Crippen MR) is 66.8 cm³/mol. The first-order chi connectivity index (χ1) is 6.77. The Kier molecular flexibility index (Phi) is 5.33. The molecule has 2 rings (SSSR count). The molecule has 0 aliphatic carbocycles. The molecule has 0 aromatic carbocycles. The summed E-state index contributed by atoms with van der Waals surface area (Å²) in [5.74, 6) is 0. The van der Waals surface area contributed by atoms with E-state index in [0.717, 1.165) is 12.1 Å². The Morgan fingerprint density at radius 2 is 1.80 bits per heavy atom. The second-order valence-electron chi connectivity index (χ2n) is 4.83. The zero-order chi connectivity index (χ0) is 9.97. The maximum Gasteiger partial charge on any atom is 0.0195 e. The second kappa shape index (κ2) is 6.04. The third kappa shape index (κ3) is 3.31. The molecule has 2 aliphatic rings. The Labute approximate surface area is 99.6 Å². The van der Waals surface area contributed by atoms with Gasteiger partial charge in [-0.15, -0.1) is 12.4 Å². The molecule has 90 valence electrons. The molecule has 0 saturated carbocycles. The molecule has 4 heteroatoms. The van der Waals surface area contributed by atoms with Crippen molar-refractivity contribution in [3.05, 3.63) is 0 Å². The van der Waals surface area contributed by atoms with E-state index < -0.39 is 0 Å². The average Bonchev–Trinajstić information content (AvgIpc) is 2.20. The van der Waals surface area contributed by atoms with Gasteiger partial charge in [-0.1, -0.05) is 0 Å². The molecule has 15 heavy (non-hydrogen) atoms. The minimum Gasteiger partial charge on any atom is -0.314 e. The summed E-state index contributed by atoms with van der Waals surface area (Å²) in [6.07, 6.45) is 2.72.